The van der Waals surface area contributed by atoms with Crippen LogP contribution in [0.4, 0.5) is 0 Å². The SMILES string of the molecule is C=C(C)CCOc1ccnc(CNC(C)(C)C)c1. The Hall–Kier alpha value is -1.35. The molecule has 0 spiro atoms. The molecule has 1 heterocycles. The second kappa shape index (κ2) is 6.55. The quantitative estimate of drug-likeness (QED) is 0.784. The lowest BCUT2D eigenvalue weighted by molar-refractivity contribution is 0.320. The minimum Gasteiger partial charge on any atom is -0.493 e. The highest BCUT2D eigenvalue weighted by Gasteiger charge is 2.09. The Bertz CT molecular complexity index is 394. The first-order valence-electron chi connectivity index (χ1n) is 6.34. The Balaban J connectivity index is 2.49. The maximum atomic E-state index is 5.66. The maximum absolute atomic E-state index is 5.66. The van der Waals surface area contributed by atoms with Gasteiger partial charge in [0.2, 0.25) is 0 Å². The molecule has 100 valence electrons. The van der Waals surface area contributed by atoms with Crippen molar-refractivity contribution in [1.29, 1.82) is 0 Å². The number of ether oxygens (including phenoxy) is 1. The summed E-state index contributed by atoms with van der Waals surface area (Å²) in [5, 5.41) is 3.41. The van der Waals surface area contributed by atoms with Crippen molar-refractivity contribution in [2.75, 3.05) is 6.61 Å². The van der Waals surface area contributed by atoms with E-state index in [4.69, 9.17) is 4.74 Å². The van der Waals surface area contributed by atoms with Crippen LogP contribution in [0.5, 0.6) is 5.75 Å². The summed E-state index contributed by atoms with van der Waals surface area (Å²) in [6, 6.07) is 3.87. The zero-order valence-corrected chi connectivity index (χ0v) is 11.9. The van der Waals surface area contributed by atoms with Gasteiger partial charge in [-0.15, -0.1) is 6.58 Å². The fourth-order valence-electron chi connectivity index (χ4n) is 1.34. The largest absolute Gasteiger partial charge is 0.493 e. The van der Waals surface area contributed by atoms with E-state index in [0.717, 1.165) is 30.0 Å². The van der Waals surface area contributed by atoms with Crippen LogP contribution in [0.3, 0.4) is 0 Å². The van der Waals surface area contributed by atoms with E-state index in [1.807, 2.05) is 19.1 Å². The minimum atomic E-state index is 0.0957. The van der Waals surface area contributed by atoms with E-state index in [1.165, 1.54) is 0 Å². The molecular formula is C15H24N2O. The van der Waals surface area contributed by atoms with E-state index >= 15 is 0 Å². The predicted molar refractivity (Wildman–Crippen MR) is 75.8 cm³/mol. The Morgan fingerprint density at radius 2 is 2.17 bits per heavy atom. The molecule has 0 unspecified atom stereocenters. The molecule has 0 radical (unpaired) electrons. The zero-order valence-electron chi connectivity index (χ0n) is 11.9. The van der Waals surface area contributed by atoms with E-state index in [9.17, 15) is 0 Å². The fraction of sp³-hybridized carbons (Fsp3) is 0.533. The average Bonchev–Trinajstić information content (AvgIpc) is 2.26. The van der Waals surface area contributed by atoms with Gasteiger partial charge < -0.3 is 10.1 Å². The summed E-state index contributed by atoms with van der Waals surface area (Å²) in [5.41, 5.74) is 2.23. The van der Waals surface area contributed by atoms with Crippen LogP contribution >= 0.6 is 0 Å². The lowest BCUT2D eigenvalue weighted by Crippen LogP contribution is -2.35. The number of hydrogen-bond donors (Lipinski definition) is 1. The lowest BCUT2D eigenvalue weighted by atomic mass is 10.1. The summed E-state index contributed by atoms with van der Waals surface area (Å²) < 4.78 is 5.66. The van der Waals surface area contributed by atoms with Crippen molar-refractivity contribution in [2.24, 2.45) is 0 Å². The molecule has 0 bridgehead atoms. The molecule has 3 heteroatoms. The molecule has 0 aromatic carbocycles. The van der Waals surface area contributed by atoms with Gasteiger partial charge in [0.15, 0.2) is 0 Å². The van der Waals surface area contributed by atoms with Crippen molar-refractivity contribution in [1.82, 2.24) is 10.3 Å². The van der Waals surface area contributed by atoms with E-state index in [-0.39, 0.29) is 5.54 Å². The summed E-state index contributed by atoms with van der Waals surface area (Å²) in [7, 11) is 0. The van der Waals surface area contributed by atoms with Gasteiger partial charge in [0.05, 0.1) is 12.3 Å². The first kappa shape index (κ1) is 14.7. The number of aromatic nitrogens is 1. The van der Waals surface area contributed by atoms with Gasteiger partial charge >= 0.3 is 0 Å². The standard InChI is InChI=1S/C15H24N2O/c1-12(2)7-9-18-14-6-8-16-13(10-14)11-17-15(3,4)5/h6,8,10,17H,1,7,9,11H2,2-5H3. The summed E-state index contributed by atoms with van der Waals surface area (Å²) in [4.78, 5) is 4.33. The minimum absolute atomic E-state index is 0.0957. The van der Waals surface area contributed by atoms with Crippen LogP contribution in [-0.2, 0) is 6.54 Å². The van der Waals surface area contributed by atoms with Crippen molar-refractivity contribution in [2.45, 2.75) is 46.2 Å². The van der Waals surface area contributed by atoms with Crippen LogP contribution in [0, 0.1) is 0 Å². The van der Waals surface area contributed by atoms with Crippen LogP contribution in [0.15, 0.2) is 30.5 Å². The van der Waals surface area contributed by atoms with Crippen molar-refractivity contribution >= 4 is 0 Å². The van der Waals surface area contributed by atoms with E-state index in [2.05, 4.69) is 37.7 Å². The molecule has 0 amide bonds. The maximum Gasteiger partial charge on any atom is 0.122 e. The van der Waals surface area contributed by atoms with Crippen molar-refractivity contribution in [3.63, 3.8) is 0 Å². The van der Waals surface area contributed by atoms with Gasteiger partial charge in [-0.25, -0.2) is 0 Å². The number of rotatable bonds is 6. The average molecular weight is 248 g/mol. The third kappa shape index (κ3) is 6.40. The molecule has 0 fully saturated rings. The number of pyridine rings is 1. The molecule has 0 aliphatic rings. The van der Waals surface area contributed by atoms with E-state index in [1.54, 1.807) is 6.20 Å². The molecule has 0 aliphatic carbocycles. The first-order valence-corrected chi connectivity index (χ1v) is 6.34. The predicted octanol–water partition coefficient (Wildman–Crippen LogP) is 3.31. The van der Waals surface area contributed by atoms with Gasteiger partial charge in [-0.2, -0.15) is 0 Å². The van der Waals surface area contributed by atoms with Crippen molar-refractivity contribution < 1.29 is 4.74 Å². The van der Waals surface area contributed by atoms with Gasteiger partial charge in [-0.05, 0) is 33.8 Å². The molecule has 0 saturated carbocycles. The van der Waals surface area contributed by atoms with E-state index in [0.29, 0.717) is 6.61 Å². The highest BCUT2D eigenvalue weighted by Crippen LogP contribution is 2.12. The highest BCUT2D eigenvalue weighted by molar-refractivity contribution is 5.22. The summed E-state index contributed by atoms with van der Waals surface area (Å²) in [6.45, 7) is 13.7. The monoisotopic (exact) mass is 248 g/mol. The Labute approximate surface area is 110 Å². The second-order valence-electron chi connectivity index (χ2n) is 5.64. The normalized spacial score (nSPS) is 11.3. The van der Waals surface area contributed by atoms with Gasteiger partial charge in [-0.3, -0.25) is 4.98 Å². The molecular weight excluding hydrogens is 224 g/mol. The number of hydrogen-bond acceptors (Lipinski definition) is 3. The van der Waals surface area contributed by atoms with Crippen molar-refractivity contribution in [3.05, 3.63) is 36.2 Å². The molecule has 0 atom stereocenters. The molecule has 3 nitrogen and oxygen atoms in total. The van der Waals surface area contributed by atoms with Gasteiger partial charge in [0, 0.05) is 30.8 Å². The lowest BCUT2D eigenvalue weighted by Gasteiger charge is -2.20. The number of nitrogens with one attached hydrogen (secondary N) is 1. The van der Waals surface area contributed by atoms with E-state index < -0.39 is 0 Å². The topological polar surface area (TPSA) is 34.1 Å². The molecule has 18 heavy (non-hydrogen) atoms. The third-order valence-corrected chi connectivity index (χ3v) is 2.39. The summed E-state index contributed by atoms with van der Waals surface area (Å²) in [6.07, 6.45) is 2.67. The van der Waals surface area contributed by atoms with Crippen molar-refractivity contribution in [3.8, 4) is 5.75 Å². The van der Waals surface area contributed by atoms with Crippen LogP contribution in [0.1, 0.15) is 39.8 Å². The van der Waals surface area contributed by atoms with Gasteiger partial charge in [0.1, 0.15) is 5.75 Å². The molecule has 1 aromatic rings. The molecule has 1 rings (SSSR count). The van der Waals surface area contributed by atoms with Gasteiger partial charge in [-0.1, -0.05) is 5.57 Å². The second-order valence-corrected chi connectivity index (χ2v) is 5.64. The number of nitrogens with zero attached hydrogens (tertiary/aromatic N) is 1. The van der Waals surface area contributed by atoms with Crippen LogP contribution in [-0.4, -0.2) is 17.1 Å². The Kier molecular flexibility index (Phi) is 5.35. The fourth-order valence-corrected chi connectivity index (χ4v) is 1.34. The molecule has 0 saturated heterocycles. The van der Waals surface area contributed by atoms with Crippen LogP contribution < -0.4 is 10.1 Å². The smallest absolute Gasteiger partial charge is 0.122 e. The highest BCUT2D eigenvalue weighted by atomic mass is 16.5. The van der Waals surface area contributed by atoms with Crippen LogP contribution in [0.2, 0.25) is 0 Å². The Morgan fingerprint density at radius 1 is 1.44 bits per heavy atom. The van der Waals surface area contributed by atoms with Crippen LogP contribution in [0.25, 0.3) is 0 Å². The molecule has 1 aromatic heterocycles. The molecule has 1 N–H and O–H groups in total. The summed E-state index contributed by atoms with van der Waals surface area (Å²) in [5.74, 6) is 0.872. The first-order chi connectivity index (χ1) is 8.37. The molecule has 0 aliphatic heterocycles. The summed E-state index contributed by atoms with van der Waals surface area (Å²) >= 11 is 0. The zero-order chi connectivity index (χ0) is 13.6. The van der Waals surface area contributed by atoms with Gasteiger partial charge in [0.25, 0.3) is 0 Å². The Morgan fingerprint density at radius 3 is 2.78 bits per heavy atom. The third-order valence-electron chi connectivity index (χ3n) is 2.39.